The van der Waals surface area contributed by atoms with Crippen molar-refractivity contribution >= 4 is 34.5 Å². The molecule has 0 bridgehead atoms. The number of thioether (sulfide) groups is 1. The van der Waals surface area contributed by atoms with Crippen LogP contribution in [0.15, 0.2) is 35.3 Å². The van der Waals surface area contributed by atoms with E-state index in [1.807, 2.05) is 30.3 Å². The molecule has 1 aromatic rings. The highest BCUT2D eigenvalue weighted by molar-refractivity contribution is 8.17. The maximum Gasteiger partial charge on any atom is 0.332 e. The number of carbonyl (C=O) groups excluding carboxylic acids is 2. The lowest BCUT2D eigenvalue weighted by atomic mass is 10.0. The Balaban J connectivity index is 1.68. The van der Waals surface area contributed by atoms with Gasteiger partial charge in [-0.3, -0.25) is 4.79 Å². The first kappa shape index (κ1) is 17.0. The van der Waals surface area contributed by atoms with Gasteiger partial charge < -0.3 is 14.8 Å². The molecule has 0 unspecified atom stereocenters. The Morgan fingerprint density at radius 2 is 2.12 bits per heavy atom. The molecule has 1 spiro atoms. The minimum atomic E-state index is -1.24. The molecule has 0 aliphatic carbocycles. The highest BCUT2D eigenvalue weighted by Gasteiger charge is 2.60. The number of carbonyl (C=O) groups is 2. The summed E-state index contributed by atoms with van der Waals surface area (Å²) in [7, 11) is 0. The monoisotopic (exact) mass is 348 g/mol. The Morgan fingerprint density at radius 1 is 1.38 bits per heavy atom. The van der Waals surface area contributed by atoms with Gasteiger partial charge >= 0.3 is 5.97 Å². The van der Waals surface area contributed by atoms with Gasteiger partial charge in [0.05, 0.1) is 12.3 Å². The highest BCUT2D eigenvalue weighted by atomic mass is 32.2. The van der Waals surface area contributed by atoms with Crippen LogP contribution in [0.2, 0.25) is 0 Å². The van der Waals surface area contributed by atoms with E-state index in [4.69, 9.17) is 9.47 Å². The first-order valence-electron chi connectivity index (χ1n) is 7.92. The van der Waals surface area contributed by atoms with Crippen LogP contribution in [0, 0.1) is 5.92 Å². The van der Waals surface area contributed by atoms with Crippen molar-refractivity contribution in [2.45, 2.75) is 31.1 Å². The summed E-state index contributed by atoms with van der Waals surface area (Å²) in [6, 6.07) is 9.28. The van der Waals surface area contributed by atoms with E-state index in [1.165, 1.54) is 0 Å². The summed E-state index contributed by atoms with van der Waals surface area (Å²) >= 11 is 1.13. The van der Waals surface area contributed by atoms with Crippen LogP contribution in [0.3, 0.4) is 0 Å². The number of esters is 1. The van der Waals surface area contributed by atoms with E-state index in [0.717, 1.165) is 17.4 Å². The van der Waals surface area contributed by atoms with E-state index in [9.17, 15) is 9.59 Å². The number of rotatable bonds is 5. The average molecular weight is 348 g/mol. The number of hydrogen-bond acceptors (Lipinski definition) is 6. The van der Waals surface area contributed by atoms with Gasteiger partial charge in [-0.2, -0.15) is 0 Å². The number of aliphatic imine (C=N–C) groups is 1. The standard InChI is InChI=1S/C17H20N2O4S/c1-11(2)9-22-10-13-8-17(15(21)23-13)14(20)19-16(24-17)18-12-6-4-3-5-7-12/h3-7,11,13H,8-10H2,1-2H3,(H,18,19,20)/t13-,17+/m1/s1. The maximum atomic E-state index is 12.4. The summed E-state index contributed by atoms with van der Waals surface area (Å²) in [5.41, 5.74) is 0.723. The van der Waals surface area contributed by atoms with Crippen molar-refractivity contribution in [2.24, 2.45) is 10.9 Å². The smallest absolute Gasteiger partial charge is 0.332 e. The third-order valence-electron chi connectivity index (χ3n) is 3.72. The topological polar surface area (TPSA) is 77.0 Å². The molecule has 24 heavy (non-hydrogen) atoms. The van der Waals surface area contributed by atoms with Crippen molar-refractivity contribution in [2.75, 3.05) is 13.2 Å². The molecular weight excluding hydrogens is 328 g/mol. The summed E-state index contributed by atoms with van der Waals surface area (Å²) < 4.78 is 9.65. The van der Waals surface area contributed by atoms with Crippen LogP contribution in [0.4, 0.5) is 5.69 Å². The molecule has 2 fully saturated rings. The van der Waals surface area contributed by atoms with E-state index in [2.05, 4.69) is 24.2 Å². The van der Waals surface area contributed by atoms with Gasteiger partial charge in [-0.25, -0.2) is 9.79 Å². The van der Waals surface area contributed by atoms with Crippen molar-refractivity contribution in [3.05, 3.63) is 30.3 Å². The summed E-state index contributed by atoms with van der Waals surface area (Å²) in [5.74, 6) is -0.468. The number of amidine groups is 1. The third-order valence-corrected chi connectivity index (χ3v) is 4.97. The van der Waals surface area contributed by atoms with E-state index in [-0.39, 0.29) is 5.91 Å². The molecule has 2 saturated heterocycles. The molecule has 3 rings (SSSR count). The lowest BCUT2D eigenvalue weighted by Gasteiger charge is -2.12. The van der Waals surface area contributed by atoms with Crippen molar-refractivity contribution in [3.8, 4) is 0 Å². The van der Waals surface area contributed by atoms with Gasteiger partial charge in [0.2, 0.25) is 4.75 Å². The molecule has 0 aromatic heterocycles. The Bertz CT molecular complexity index is 662. The Kier molecular flexibility index (Phi) is 4.91. The molecule has 2 aliphatic heterocycles. The van der Waals surface area contributed by atoms with E-state index >= 15 is 0 Å². The van der Waals surface area contributed by atoms with E-state index in [1.54, 1.807) is 0 Å². The van der Waals surface area contributed by atoms with Crippen LogP contribution >= 0.6 is 11.8 Å². The largest absolute Gasteiger partial charge is 0.458 e. The van der Waals surface area contributed by atoms with Crippen LogP contribution in [0.5, 0.6) is 0 Å². The van der Waals surface area contributed by atoms with Crippen molar-refractivity contribution in [1.82, 2.24) is 5.32 Å². The molecule has 2 atom stereocenters. The van der Waals surface area contributed by atoms with Gasteiger partial charge in [0.15, 0.2) is 5.17 Å². The Labute approximate surface area is 145 Å². The first-order chi connectivity index (χ1) is 11.5. The molecule has 1 amide bonds. The van der Waals surface area contributed by atoms with Crippen molar-refractivity contribution in [1.29, 1.82) is 0 Å². The quantitative estimate of drug-likeness (QED) is 0.652. The minimum Gasteiger partial charge on any atom is -0.458 e. The number of amides is 1. The molecule has 0 saturated carbocycles. The van der Waals surface area contributed by atoms with Crippen molar-refractivity contribution < 1.29 is 19.1 Å². The van der Waals surface area contributed by atoms with Gasteiger partial charge in [0.25, 0.3) is 5.91 Å². The van der Waals surface area contributed by atoms with Gasteiger partial charge in [0.1, 0.15) is 6.10 Å². The third kappa shape index (κ3) is 3.47. The fourth-order valence-electron chi connectivity index (χ4n) is 2.59. The first-order valence-corrected chi connectivity index (χ1v) is 8.74. The lowest BCUT2D eigenvalue weighted by Crippen LogP contribution is -2.40. The van der Waals surface area contributed by atoms with Gasteiger partial charge in [-0.05, 0) is 18.1 Å². The van der Waals surface area contributed by atoms with E-state index < -0.39 is 16.8 Å². The van der Waals surface area contributed by atoms with Crippen LogP contribution in [-0.4, -0.2) is 41.1 Å². The van der Waals surface area contributed by atoms with Crippen molar-refractivity contribution in [3.63, 3.8) is 0 Å². The molecule has 7 heteroatoms. The Morgan fingerprint density at radius 3 is 2.83 bits per heavy atom. The summed E-state index contributed by atoms with van der Waals surface area (Å²) in [4.78, 5) is 29.1. The van der Waals surface area contributed by atoms with E-state index in [0.29, 0.717) is 30.7 Å². The second kappa shape index (κ2) is 6.94. The fourth-order valence-corrected chi connectivity index (χ4v) is 3.76. The predicted molar refractivity (Wildman–Crippen MR) is 92.2 cm³/mol. The molecule has 0 radical (unpaired) electrons. The van der Waals surface area contributed by atoms with Gasteiger partial charge in [-0.1, -0.05) is 43.8 Å². The number of nitrogens with one attached hydrogen (secondary N) is 1. The number of para-hydroxylation sites is 1. The van der Waals surface area contributed by atoms with Gasteiger partial charge in [0, 0.05) is 13.0 Å². The van der Waals surface area contributed by atoms with Crippen LogP contribution in [0.1, 0.15) is 20.3 Å². The summed E-state index contributed by atoms with van der Waals surface area (Å²) in [6.07, 6.45) is -0.0978. The number of ether oxygens (including phenoxy) is 2. The van der Waals surface area contributed by atoms with Crippen LogP contribution < -0.4 is 5.32 Å². The normalized spacial score (nSPS) is 28.0. The number of hydrogen-bond donors (Lipinski definition) is 1. The zero-order valence-corrected chi connectivity index (χ0v) is 14.5. The van der Waals surface area contributed by atoms with Crippen LogP contribution in [-0.2, 0) is 19.1 Å². The molecule has 6 nitrogen and oxygen atoms in total. The number of nitrogens with zero attached hydrogens (tertiary/aromatic N) is 1. The maximum absolute atomic E-state index is 12.4. The minimum absolute atomic E-state index is 0.300. The zero-order chi connectivity index (χ0) is 17.2. The number of cyclic esters (lactones) is 1. The molecule has 2 heterocycles. The Hall–Kier alpha value is -1.86. The average Bonchev–Trinajstić information content (AvgIpc) is 3.01. The lowest BCUT2D eigenvalue weighted by molar-refractivity contribution is -0.146. The molecule has 1 N–H and O–H groups in total. The zero-order valence-electron chi connectivity index (χ0n) is 13.7. The fraction of sp³-hybridized carbons (Fsp3) is 0.471. The molecule has 128 valence electrons. The summed E-state index contributed by atoms with van der Waals surface area (Å²) in [6.45, 7) is 5.01. The molecule has 2 aliphatic rings. The second-order valence-corrected chi connectivity index (χ2v) is 7.59. The summed E-state index contributed by atoms with van der Waals surface area (Å²) in [5, 5.41) is 3.12. The second-order valence-electron chi connectivity index (χ2n) is 6.30. The SMILES string of the molecule is CC(C)COC[C@H]1C[C@@]2(SC(=Nc3ccccc3)NC2=O)C(=O)O1. The van der Waals surface area contributed by atoms with Crippen LogP contribution in [0.25, 0.3) is 0 Å². The predicted octanol–water partition coefficient (Wildman–Crippen LogP) is 2.26. The molecule has 1 aromatic carbocycles. The van der Waals surface area contributed by atoms with Gasteiger partial charge in [-0.15, -0.1) is 0 Å². The molecular formula is C17H20N2O4S. The highest BCUT2D eigenvalue weighted by Crippen LogP contribution is 2.43. The number of benzene rings is 1.